The summed E-state index contributed by atoms with van der Waals surface area (Å²) in [6.07, 6.45) is 6.26. The summed E-state index contributed by atoms with van der Waals surface area (Å²) >= 11 is 0. The Morgan fingerprint density at radius 3 is 2.80 bits per heavy atom. The first-order valence-electron chi connectivity index (χ1n) is 7.23. The molecule has 20 heavy (non-hydrogen) atoms. The summed E-state index contributed by atoms with van der Waals surface area (Å²) in [5, 5.41) is 3.48. The first-order chi connectivity index (χ1) is 9.83. The Hall–Kier alpha value is -1.87. The van der Waals surface area contributed by atoms with Crippen LogP contribution in [0.5, 0.6) is 5.75 Å². The van der Waals surface area contributed by atoms with Gasteiger partial charge < -0.3 is 10.1 Å². The molecular weight excluding hydrogens is 248 g/mol. The van der Waals surface area contributed by atoms with Crippen molar-refractivity contribution in [2.24, 2.45) is 0 Å². The number of hydrogen-bond acceptors (Lipinski definition) is 3. The minimum atomic E-state index is 0.172. The number of benzene rings is 1. The normalized spacial score (nSPS) is 19.8. The van der Waals surface area contributed by atoms with Gasteiger partial charge in [0.05, 0.1) is 6.20 Å². The fourth-order valence-corrected chi connectivity index (χ4v) is 2.68. The van der Waals surface area contributed by atoms with Crippen LogP contribution < -0.4 is 10.1 Å². The molecule has 0 amide bonds. The molecule has 3 heteroatoms. The molecule has 1 aromatic heterocycles. The van der Waals surface area contributed by atoms with Crippen LogP contribution in [0.2, 0.25) is 0 Å². The van der Waals surface area contributed by atoms with Crippen LogP contribution in [0.25, 0.3) is 11.1 Å². The number of hydrogen-bond donors (Lipinski definition) is 1. The van der Waals surface area contributed by atoms with Crippen molar-refractivity contribution >= 4 is 0 Å². The Kier molecular flexibility index (Phi) is 3.97. The van der Waals surface area contributed by atoms with Gasteiger partial charge in [-0.25, -0.2) is 0 Å². The second-order valence-corrected chi connectivity index (χ2v) is 5.30. The Morgan fingerprint density at radius 1 is 1.20 bits per heavy atom. The van der Waals surface area contributed by atoms with Crippen molar-refractivity contribution in [1.29, 1.82) is 0 Å². The lowest BCUT2D eigenvalue weighted by Crippen LogP contribution is -2.36. The third-order valence-corrected chi connectivity index (χ3v) is 3.81. The van der Waals surface area contributed by atoms with E-state index in [1.54, 1.807) is 6.20 Å². The van der Waals surface area contributed by atoms with E-state index in [1.807, 2.05) is 24.4 Å². The van der Waals surface area contributed by atoms with Crippen molar-refractivity contribution in [3.05, 3.63) is 48.8 Å². The molecule has 0 radical (unpaired) electrons. The van der Waals surface area contributed by atoms with E-state index >= 15 is 0 Å². The summed E-state index contributed by atoms with van der Waals surface area (Å²) in [4.78, 5) is 4.30. The fourth-order valence-electron chi connectivity index (χ4n) is 2.68. The molecule has 104 valence electrons. The van der Waals surface area contributed by atoms with E-state index in [9.17, 15) is 0 Å². The summed E-state index contributed by atoms with van der Waals surface area (Å²) in [6.45, 7) is 3.22. The van der Waals surface area contributed by atoms with Gasteiger partial charge in [-0.2, -0.15) is 0 Å². The average molecular weight is 268 g/mol. The van der Waals surface area contributed by atoms with Crippen LogP contribution >= 0.6 is 0 Å². The zero-order valence-corrected chi connectivity index (χ0v) is 11.8. The Morgan fingerprint density at radius 2 is 2.05 bits per heavy atom. The van der Waals surface area contributed by atoms with Gasteiger partial charge in [-0.1, -0.05) is 30.3 Å². The molecule has 1 aliphatic rings. The van der Waals surface area contributed by atoms with Crippen LogP contribution in [-0.4, -0.2) is 23.7 Å². The number of nitrogens with zero attached hydrogens (tertiary/aromatic N) is 1. The first-order valence-corrected chi connectivity index (χ1v) is 7.23. The van der Waals surface area contributed by atoms with Gasteiger partial charge in [-0.05, 0) is 37.9 Å². The maximum Gasteiger partial charge on any atom is 0.138 e. The van der Waals surface area contributed by atoms with E-state index in [0.717, 1.165) is 23.4 Å². The minimum absolute atomic E-state index is 0.172. The van der Waals surface area contributed by atoms with Gasteiger partial charge in [0.15, 0.2) is 0 Å². The molecule has 1 N–H and O–H groups in total. The van der Waals surface area contributed by atoms with E-state index in [4.69, 9.17) is 4.74 Å². The van der Waals surface area contributed by atoms with E-state index in [0.29, 0.717) is 6.04 Å². The highest BCUT2D eigenvalue weighted by atomic mass is 16.5. The summed E-state index contributed by atoms with van der Waals surface area (Å²) < 4.78 is 6.04. The predicted molar refractivity (Wildman–Crippen MR) is 80.8 cm³/mol. The third-order valence-electron chi connectivity index (χ3n) is 3.81. The average Bonchev–Trinajstić information content (AvgIpc) is 3.03. The highest BCUT2D eigenvalue weighted by molar-refractivity contribution is 5.63. The second-order valence-electron chi connectivity index (χ2n) is 5.30. The molecule has 0 spiro atoms. The van der Waals surface area contributed by atoms with E-state index in [2.05, 4.69) is 35.4 Å². The van der Waals surface area contributed by atoms with Gasteiger partial charge in [0.1, 0.15) is 11.9 Å². The van der Waals surface area contributed by atoms with Crippen LogP contribution in [0.4, 0.5) is 0 Å². The molecule has 1 saturated heterocycles. The van der Waals surface area contributed by atoms with Gasteiger partial charge in [0.2, 0.25) is 0 Å². The van der Waals surface area contributed by atoms with Crippen LogP contribution in [0.1, 0.15) is 19.8 Å². The number of nitrogens with one attached hydrogen (secondary N) is 1. The van der Waals surface area contributed by atoms with Gasteiger partial charge in [0, 0.05) is 17.8 Å². The number of aromatic nitrogens is 1. The number of pyridine rings is 1. The molecule has 2 heterocycles. The van der Waals surface area contributed by atoms with Crippen LogP contribution in [0.15, 0.2) is 48.8 Å². The lowest BCUT2D eigenvalue weighted by atomic mass is 10.1. The molecule has 3 nitrogen and oxygen atoms in total. The third kappa shape index (κ3) is 2.99. The quantitative estimate of drug-likeness (QED) is 0.924. The SMILES string of the molecule is CC(Oc1cncc(-c2ccccc2)c1)[C@H]1CCCN1. The van der Waals surface area contributed by atoms with Gasteiger partial charge in [-0.15, -0.1) is 0 Å². The molecule has 2 atom stereocenters. The van der Waals surface area contributed by atoms with Crippen molar-refractivity contribution in [3.8, 4) is 16.9 Å². The monoisotopic (exact) mass is 268 g/mol. The van der Waals surface area contributed by atoms with Crippen molar-refractivity contribution in [2.75, 3.05) is 6.54 Å². The number of rotatable bonds is 4. The van der Waals surface area contributed by atoms with Crippen LogP contribution in [0, 0.1) is 0 Å². The van der Waals surface area contributed by atoms with Crippen molar-refractivity contribution < 1.29 is 4.74 Å². The zero-order valence-electron chi connectivity index (χ0n) is 11.8. The maximum absolute atomic E-state index is 6.04. The van der Waals surface area contributed by atoms with E-state index in [-0.39, 0.29) is 6.10 Å². The van der Waals surface area contributed by atoms with Gasteiger partial charge in [0.25, 0.3) is 0 Å². The molecular formula is C17H20N2O. The molecule has 1 fully saturated rings. The highest BCUT2D eigenvalue weighted by Crippen LogP contribution is 2.24. The van der Waals surface area contributed by atoms with E-state index < -0.39 is 0 Å². The molecule has 0 bridgehead atoms. The Bertz CT molecular complexity index is 550. The topological polar surface area (TPSA) is 34.1 Å². The fraction of sp³-hybridized carbons (Fsp3) is 0.353. The maximum atomic E-state index is 6.04. The standard InChI is InChI=1S/C17H20N2O/c1-13(17-8-5-9-19-17)20-16-10-15(11-18-12-16)14-6-3-2-4-7-14/h2-4,6-7,10-13,17,19H,5,8-9H2,1H3/t13?,17-/m1/s1. The summed E-state index contributed by atoms with van der Waals surface area (Å²) in [7, 11) is 0. The molecule has 1 unspecified atom stereocenters. The highest BCUT2D eigenvalue weighted by Gasteiger charge is 2.22. The predicted octanol–water partition coefficient (Wildman–Crippen LogP) is 3.27. The number of ether oxygens (including phenoxy) is 1. The molecule has 1 aromatic carbocycles. The smallest absolute Gasteiger partial charge is 0.138 e. The Balaban J connectivity index is 1.74. The minimum Gasteiger partial charge on any atom is -0.487 e. The summed E-state index contributed by atoms with van der Waals surface area (Å²) in [6, 6.07) is 12.8. The van der Waals surface area contributed by atoms with Crippen molar-refractivity contribution in [1.82, 2.24) is 10.3 Å². The Labute approximate surface area is 120 Å². The van der Waals surface area contributed by atoms with Crippen LogP contribution in [-0.2, 0) is 0 Å². The molecule has 0 aliphatic carbocycles. The second kappa shape index (κ2) is 6.06. The summed E-state index contributed by atoms with van der Waals surface area (Å²) in [5.74, 6) is 0.840. The lowest BCUT2D eigenvalue weighted by Gasteiger charge is -2.21. The zero-order chi connectivity index (χ0) is 13.8. The first kappa shape index (κ1) is 13.1. The molecule has 2 aromatic rings. The summed E-state index contributed by atoms with van der Waals surface area (Å²) in [5.41, 5.74) is 2.26. The largest absolute Gasteiger partial charge is 0.487 e. The van der Waals surface area contributed by atoms with Crippen molar-refractivity contribution in [3.63, 3.8) is 0 Å². The van der Waals surface area contributed by atoms with Crippen molar-refractivity contribution in [2.45, 2.75) is 31.9 Å². The van der Waals surface area contributed by atoms with Crippen LogP contribution in [0.3, 0.4) is 0 Å². The van der Waals surface area contributed by atoms with Gasteiger partial charge >= 0.3 is 0 Å². The van der Waals surface area contributed by atoms with E-state index in [1.165, 1.54) is 12.8 Å². The lowest BCUT2D eigenvalue weighted by molar-refractivity contribution is 0.179. The van der Waals surface area contributed by atoms with Gasteiger partial charge in [-0.3, -0.25) is 4.98 Å². The molecule has 1 aliphatic heterocycles. The molecule has 0 saturated carbocycles. The molecule has 3 rings (SSSR count).